The van der Waals surface area contributed by atoms with Crippen LogP contribution in [0.25, 0.3) is 0 Å². The van der Waals surface area contributed by atoms with Crippen LogP contribution in [0.5, 0.6) is 5.75 Å². The number of hydrogen-bond donors (Lipinski definition) is 1. The fourth-order valence-corrected chi connectivity index (χ4v) is 3.64. The molecule has 0 radical (unpaired) electrons. The Morgan fingerprint density at radius 3 is 2.48 bits per heavy atom. The van der Waals surface area contributed by atoms with Gasteiger partial charge in [0.1, 0.15) is 5.75 Å². The Labute approximate surface area is 171 Å². The number of aryl methyl sites for hydroxylation is 2. The number of rotatable bonds is 6. The van der Waals surface area contributed by atoms with E-state index in [1.54, 1.807) is 19.2 Å². The highest BCUT2D eigenvalue weighted by molar-refractivity contribution is 6.16. The lowest BCUT2D eigenvalue weighted by atomic mass is 9.92. The monoisotopic (exact) mass is 393 g/mol. The minimum atomic E-state index is -0.703. The van der Waals surface area contributed by atoms with Gasteiger partial charge in [0, 0.05) is 12.1 Å². The summed E-state index contributed by atoms with van der Waals surface area (Å²) in [5.41, 5.74) is 3.64. The number of methoxy groups -OCH3 is 1. The molecule has 1 N–H and O–H groups in total. The first-order valence-electron chi connectivity index (χ1n) is 9.75. The molecular weight excluding hydrogens is 366 g/mol. The van der Waals surface area contributed by atoms with Gasteiger partial charge in [0.05, 0.1) is 18.7 Å². The molecule has 5 heteroatoms. The van der Waals surface area contributed by atoms with Gasteiger partial charge in [-0.25, -0.2) is 0 Å². The summed E-state index contributed by atoms with van der Waals surface area (Å²) in [7, 11) is 1.57. The summed E-state index contributed by atoms with van der Waals surface area (Å²) in [6, 6.07) is 12.2. The Balaban J connectivity index is 2.18. The Morgan fingerprint density at radius 2 is 1.86 bits per heavy atom. The van der Waals surface area contributed by atoms with E-state index in [1.165, 1.54) is 4.90 Å². The first-order valence-corrected chi connectivity index (χ1v) is 9.75. The van der Waals surface area contributed by atoms with E-state index in [9.17, 15) is 14.7 Å². The molecule has 152 valence electrons. The Kier molecular flexibility index (Phi) is 5.78. The predicted molar refractivity (Wildman–Crippen MR) is 113 cm³/mol. The molecule has 0 saturated heterocycles. The smallest absolute Gasteiger partial charge is 0.294 e. The first kappa shape index (κ1) is 20.6. The third-order valence-electron chi connectivity index (χ3n) is 5.28. The van der Waals surface area contributed by atoms with Crippen molar-refractivity contribution in [3.63, 3.8) is 0 Å². The van der Waals surface area contributed by atoms with Crippen LogP contribution in [-0.2, 0) is 9.59 Å². The maximum Gasteiger partial charge on any atom is 0.294 e. The van der Waals surface area contributed by atoms with E-state index in [4.69, 9.17) is 4.74 Å². The largest absolute Gasteiger partial charge is 0.503 e. The second kappa shape index (κ2) is 8.11. The molecular formula is C24H27NO4. The van der Waals surface area contributed by atoms with Crippen molar-refractivity contribution < 1.29 is 19.4 Å². The number of anilines is 1. The van der Waals surface area contributed by atoms with Gasteiger partial charge in [-0.2, -0.15) is 0 Å². The number of ketones is 1. The zero-order valence-corrected chi connectivity index (χ0v) is 17.5. The van der Waals surface area contributed by atoms with E-state index in [2.05, 4.69) is 0 Å². The SMILES string of the molecule is COc1cccc(C2C(C(=O)CC(C)C)=C(O)C(=O)N2c2ccc(C)c(C)c2)c1. The summed E-state index contributed by atoms with van der Waals surface area (Å²) in [5.74, 6) is -0.517. The summed E-state index contributed by atoms with van der Waals surface area (Å²) < 4.78 is 5.34. The van der Waals surface area contributed by atoms with Gasteiger partial charge in [0.15, 0.2) is 11.5 Å². The van der Waals surface area contributed by atoms with Gasteiger partial charge in [0.2, 0.25) is 0 Å². The van der Waals surface area contributed by atoms with Crippen LogP contribution in [0, 0.1) is 19.8 Å². The number of carbonyl (C=O) groups excluding carboxylic acids is 2. The van der Waals surface area contributed by atoms with Crippen LogP contribution in [-0.4, -0.2) is 23.9 Å². The lowest BCUT2D eigenvalue weighted by molar-refractivity contribution is -0.118. The fourth-order valence-electron chi connectivity index (χ4n) is 3.64. The van der Waals surface area contributed by atoms with Crippen LogP contribution in [0.1, 0.15) is 43.0 Å². The lowest BCUT2D eigenvalue weighted by Crippen LogP contribution is -2.31. The molecule has 29 heavy (non-hydrogen) atoms. The molecule has 1 aliphatic heterocycles. The van der Waals surface area contributed by atoms with Crippen molar-refractivity contribution >= 4 is 17.4 Å². The highest BCUT2D eigenvalue weighted by Gasteiger charge is 2.44. The van der Waals surface area contributed by atoms with Gasteiger partial charge in [0.25, 0.3) is 5.91 Å². The van der Waals surface area contributed by atoms with Crippen LogP contribution in [0.15, 0.2) is 53.8 Å². The topological polar surface area (TPSA) is 66.8 Å². The van der Waals surface area contributed by atoms with Gasteiger partial charge in [-0.15, -0.1) is 0 Å². The molecule has 5 nitrogen and oxygen atoms in total. The van der Waals surface area contributed by atoms with Gasteiger partial charge in [-0.05, 0) is 60.7 Å². The van der Waals surface area contributed by atoms with E-state index in [0.717, 1.165) is 11.1 Å². The van der Waals surface area contributed by atoms with Crippen LogP contribution in [0.2, 0.25) is 0 Å². The van der Waals surface area contributed by atoms with Crippen molar-refractivity contribution in [1.29, 1.82) is 0 Å². The molecule has 0 fully saturated rings. The number of carbonyl (C=O) groups is 2. The number of nitrogens with zero attached hydrogens (tertiary/aromatic N) is 1. The van der Waals surface area contributed by atoms with Crippen LogP contribution < -0.4 is 9.64 Å². The van der Waals surface area contributed by atoms with Gasteiger partial charge >= 0.3 is 0 Å². The van der Waals surface area contributed by atoms with Gasteiger partial charge in [-0.3, -0.25) is 14.5 Å². The molecule has 3 rings (SSSR count). The van der Waals surface area contributed by atoms with E-state index < -0.39 is 17.7 Å². The molecule has 0 saturated carbocycles. The minimum absolute atomic E-state index is 0.111. The Bertz CT molecular complexity index is 990. The summed E-state index contributed by atoms with van der Waals surface area (Å²) >= 11 is 0. The van der Waals surface area contributed by atoms with Crippen molar-refractivity contribution in [1.82, 2.24) is 0 Å². The quantitative estimate of drug-likeness (QED) is 0.763. The van der Waals surface area contributed by atoms with Crippen LogP contribution in [0.4, 0.5) is 5.69 Å². The third kappa shape index (κ3) is 3.90. The van der Waals surface area contributed by atoms with Crippen molar-refractivity contribution in [2.75, 3.05) is 12.0 Å². The van der Waals surface area contributed by atoms with E-state index >= 15 is 0 Å². The number of benzene rings is 2. The van der Waals surface area contributed by atoms with E-state index in [-0.39, 0.29) is 23.7 Å². The number of aliphatic hydroxyl groups is 1. The number of hydrogen-bond acceptors (Lipinski definition) is 4. The summed E-state index contributed by atoms with van der Waals surface area (Å²) in [6.07, 6.45) is 0.258. The van der Waals surface area contributed by atoms with Crippen LogP contribution >= 0.6 is 0 Å². The lowest BCUT2D eigenvalue weighted by Gasteiger charge is -2.28. The molecule has 1 atom stereocenters. The number of aliphatic hydroxyl groups excluding tert-OH is 1. The van der Waals surface area contributed by atoms with E-state index in [1.807, 2.05) is 58.0 Å². The number of Topliss-reactive ketones (excluding diaryl/α,β-unsaturated/α-hetero) is 1. The summed E-state index contributed by atoms with van der Waals surface area (Å²) in [6.45, 7) is 7.84. The number of ether oxygens (including phenoxy) is 1. The molecule has 2 aromatic rings. The molecule has 1 aliphatic rings. The van der Waals surface area contributed by atoms with Gasteiger partial charge in [-0.1, -0.05) is 32.0 Å². The second-order valence-electron chi connectivity index (χ2n) is 7.91. The molecule has 2 aromatic carbocycles. The second-order valence-corrected chi connectivity index (χ2v) is 7.91. The van der Waals surface area contributed by atoms with E-state index in [0.29, 0.717) is 17.0 Å². The standard InChI is InChI=1S/C24H27NO4/c1-14(2)11-20(26)21-22(17-7-6-8-19(13-17)29-5)25(24(28)23(21)27)18-10-9-15(3)16(4)12-18/h6-10,12-14,22,27H,11H2,1-5H3. The zero-order chi connectivity index (χ0) is 21.3. The zero-order valence-electron chi connectivity index (χ0n) is 17.5. The van der Waals surface area contributed by atoms with Crippen LogP contribution in [0.3, 0.4) is 0 Å². The van der Waals surface area contributed by atoms with Crippen molar-refractivity contribution in [2.45, 2.75) is 40.2 Å². The highest BCUT2D eigenvalue weighted by Crippen LogP contribution is 2.42. The van der Waals surface area contributed by atoms with Crippen molar-refractivity contribution in [2.24, 2.45) is 5.92 Å². The average Bonchev–Trinajstić information content (AvgIpc) is 2.95. The normalized spacial score (nSPS) is 16.7. The molecule has 1 heterocycles. The molecule has 1 amide bonds. The third-order valence-corrected chi connectivity index (χ3v) is 5.28. The molecule has 0 aliphatic carbocycles. The molecule has 0 bridgehead atoms. The number of amides is 1. The average molecular weight is 393 g/mol. The molecule has 0 aromatic heterocycles. The highest BCUT2D eigenvalue weighted by atomic mass is 16.5. The minimum Gasteiger partial charge on any atom is -0.503 e. The van der Waals surface area contributed by atoms with Crippen molar-refractivity contribution in [3.05, 3.63) is 70.5 Å². The maximum atomic E-state index is 13.1. The fraction of sp³-hybridized carbons (Fsp3) is 0.333. The Morgan fingerprint density at radius 1 is 1.14 bits per heavy atom. The molecule has 0 spiro atoms. The Hall–Kier alpha value is -3.08. The molecule has 1 unspecified atom stereocenters. The first-order chi connectivity index (χ1) is 13.7. The van der Waals surface area contributed by atoms with Crippen molar-refractivity contribution in [3.8, 4) is 5.75 Å². The summed E-state index contributed by atoms with van der Waals surface area (Å²) in [5, 5.41) is 10.7. The summed E-state index contributed by atoms with van der Waals surface area (Å²) in [4.78, 5) is 27.6. The van der Waals surface area contributed by atoms with Gasteiger partial charge < -0.3 is 9.84 Å². The maximum absolute atomic E-state index is 13.1. The predicted octanol–water partition coefficient (Wildman–Crippen LogP) is 4.83.